The fraction of sp³-hybridized carbons (Fsp3) is 0.286. The topological polar surface area (TPSA) is 105 Å². The number of nitrogens with zero attached hydrogens (tertiary/aromatic N) is 4. The number of nitrogens with two attached hydrogens (primary N) is 1. The van der Waals surface area contributed by atoms with Crippen LogP contribution < -0.4 is 10.5 Å². The van der Waals surface area contributed by atoms with Gasteiger partial charge in [-0.05, 0) is 19.9 Å². The van der Waals surface area contributed by atoms with Crippen LogP contribution in [0.3, 0.4) is 0 Å². The third kappa shape index (κ3) is 3.59. The Balaban J connectivity index is 2.42. The van der Waals surface area contributed by atoms with Crippen molar-refractivity contribution < 1.29 is 14.3 Å². The van der Waals surface area contributed by atoms with Crippen molar-refractivity contribution in [1.29, 1.82) is 0 Å². The number of aromatic nitrogens is 4. The van der Waals surface area contributed by atoms with Gasteiger partial charge < -0.3 is 15.2 Å². The first kappa shape index (κ1) is 16.8. The van der Waals surface area contributed by atoms with Crippen LogP contribution in [0.5, 0.6) is 5.75 Å². The molecule has 0 spiro atoms. The van der Waals surface area contributed by atoms with Crippen LogP contribution in [0.25, 0.3) is 11.9 Å². The number of carbonyl (C=O) groups is 1. The van der Waals surface area contributed by atoms with Crippen LogP contribution in [0, 0.1) is 6.92 Å². The Bertz CT molecular complexity index is 757. The van der Waals surface area contributed by atoms with E-state index in [2.05, 4.69) is 15.1 Å². The Kier molecular flexibility index (Phi) is 5.17. The fourth-order valence-electron chi connectivity index (χ4n) is 1.89. The molecule has 0 aliphatic heterocycles. The van der Waals surface area contributed by atoms with E-state index < -0.39 is 5.97 Å². The van der Waals surface area contributed by atoms with Gasteiger partial charge in [-0.3, -0.25) is 0 Å². The predicted octanol–water partition coefficient (Wildman–Crippen LogP) is 1.79. The lowest BCUT2D eigenvalue weighted by molar-refractivity contribution is -0.137. The van der Waals surface area contributed by atoms with Crippen molar-refractivity contribution in [3.63, 3.8) is 0 Å². The van der Waals surface area contributed by atoms with Crippen molar-refractivity contribution in [1.82, 2.24) is 19.7 Å². The van der Waals surface area contributed by atoms with Crippen molar-refractivity contribution >= 4 is 29.6 Å². The quantitative estimate of drug-likeness (QED) is 0.503. The minimum atomic E-state index is -0.424. The standard InChI is InChI=1S/C14H16ClN5O3/c1-4-23-10(21)6-5-9-7-17-20(8(9)2)13-11(22-3)12(15)18-14(16)19-13/h5-7H,4H2,1-3H3,(H2,16,18,19). The normalized spacial score (nSPS) is 11.0. The van der Waals surface area contributed by atoms with Crippen LogP contribution in [0.1, 0.15) is 18.2 Å². The summed E-state index contributed by atoms with van der Waals surface area (Å²) in [5.41, 5.74) is 7.07. The van der Waals surface area contributed by atoms with E-state index in [1.165, 1.54) is 17.9 Å². The summed E-state index contributed by atoms with van der Waals surface area (Å²) in [6.45, 7) is 3.87. The van der Waals surface area contributed by atoms with E-state index in [1.54, 1.807) is 19.2 Å². The second-order valence-electron chi connectivity index (χ2n) is 4.41. The van der Waals surface area contributed by atoms with Crippen molar-refractivity contribution in [2.24, 2.45) is 0 Å². The zero-order valence-corrected chi connectivity index (χ0v) is 13.7. The van der Waals surface area contributed by atoms with Gasteiger partial charge in [0.15, 0.2) is 5.15 Å². The van der Waals surface area contributed by atoms with Gasteiger partial charge in [0.05, 0.1) is 25.6 Å². The molecule has 2 aromatic rings. The van der Waals surface area contributed by atoms with Gasteiger partial charge in [-0.1, -0.05) is 11.6 Å². The van der Waals surface area contributed by atoms with E-state index in [4.69, 9.17) is 26.8 Å². The van der Waals surface area contributed by atoms with Gasteiger partial charge in [-0.25, -0.2) is 9.48 Å². The molecule has 0 aliphatic carbocycles. The average Bonchev–Trinajstić information content (AvgIpc) is 2.85. The first-order valence-electron chi connectivity index (χ1n) is 6.74. The maximum atomic E-state index is 11.4. The number of ether oxygens (including phenoxy) is 2. The van der Waals surface area contributed by atoms with Crippen LogP contribution in [0.15, 0.2) is 12.3 Å². The zero-order chi connectivity index (χ0) is 17.0. The SMILES string of the molecule is CCOC(=O)C=Cc1cnn(-c2nc(N)nc(Cl)c2OC)c1C. The molecule has 9 heteroatoms. The summed E-state index contributed by atoms with van der Waals surface area (Å²) < 4.78 is 11.6. The number of carbonyl (C=O) groups excluding carboxylic acids is 1. The number of hydrogen-bond donors (Lipinski definition) is 1. The Labute approximate surface area is 137 Å². The summed E-state index contributed by atoms with van der Waals surface area (Å²) in [6, 6.07) is 0. The lowest BCUT2D eigenvalue weighted by atomic mass is 10.2. The third-order valence-electron chi connectivity index (χ3n) is 2.96. The molecule has 0 saturated heterocycles. The molecule has 0 atom stereocenters. The van der Waals surface area contributed by atoms with Crippen molar-refractivity contribution in [2.75, 3.05) is 19.5 Å². The summed E-state index contributed by atoms with van der Waals surface area (Å²) >= 11 is 6.01. The second kappa shape index (κ2) is 7.10. The molecule has 0 aliphatic rings. The average molecular weight is 338 g/mol. The molecule has 23 heavy (non-hydrogen) atoms. The van der Waals surface area contributed by atoms with Crippen molar-refractivity contribution in [3.05, 3.63) is 28.7 Å². The first-order chi connectivity index (χ1) is 11.0. The number of rotatable bonds is 5. The van der Waals surface area contributed by atoms with Gasteiger partial charge in [0.2, 0.25) is 17.5 Å². The molecule has 0 saturated carbocycles. The zero-order valence-electron chi connectivity index (χ0n) is 12.9. The monoisotopic (exact) mass is 337 g/mol. The van der Waals surface area contributed by atoms with Gasteiger partial charge in [0, 0.05) is 11.6 Å². The molecule has 0 bridgehead atoms. The van der Waals surface area contributed by atoms with Crippen LogP contribution >= 0.6 is 11.6 Å². The van der Waals surface area contributed by atoms with E-state index in [0.29, 0.717) is 18.0 Å². The van der Waals surface area contributed by atoms with Gasteiger partial charge in [0.25, 0.3) is 0 Å². The Morgan fingerprint density at radius 3 is 2.87 bits per heavy atom. The molecule has 0 aromatic carbocycles. The predicted molar refractivity (Wildman–Crippen MR) is 85.5 cm³/mol. The highest BCUT2D eigenvalue weighted by Gasteiger charge is 2.17. The first-order valence-corrected chi connectivity index (χ1v) is 7.12. The molecule has 2 heterocycles. The van der Waals surface area contributed by atoms with E-state index in [1.807, 2.05) is 6.92 Å². The van der Waals surface area contributed by atoms with E-state index in [0.717, 1.165) is 5.69 Å². The molecule has 0 radical (unpaired) electrons. The molecule has 2 aromatic heterocycles. The summed E-state index contributed by atoms with van der Waals surface area (Å²) in [4.78, 5) is 19.3. The molecule has 8 nitrogen and oxygen atoms in total. The van der Waals surface area contributed by atoms with E-state index in [9.17, 15) is 4.79 Å². The van der Waals surface area contributed by atoms with Crippen LogP contribution in [-0.2, 0) is 9.53 Å². The second-order valence-corrected chi connectivity index (χ2v) is 4.77. The highest BCUT2D eigenvalue weighted by molar-refractivity contribution is 6.31. The van der Waals surface area contributed by atoms with Crippen molar-refractivity contribution in [2.45, 2.75) is 13.8 Å². The molecule has 2 N–H and O–H groups in total. The Morgan fingerprint density at radius 1 is 1.48 bits per heavy atom. The van der Waals surface area contributed by atoms with E-state index >= 15 is 0 Å². The molecular weight excluding hydrogens is 322 g/mol. The maximum Gasteiger partial charge on any atom is 0.330 e. The summed E-state index contributed by atoms with van der Waals surface area (Å²) in [5, 5.41) is 4.32. The summed E-state index contributed by atoms with van der Waals surface area (Å²) in [5.74, 6) is 0.155. The van der Waals surface area contributed by atoms with Gasteiger partial charge in [-0.15, -0.1) is 0 Å². The molecule has 122 valence electrons. The minimum Gasteiger partial charge on any atom is -0.490 e. The number of nitrogen functional groups attached to an aromatic ring is 1. The van der Waals surface area contributed by atoms with Gasteiger partial charge >= 0.3 is 5.97 Å². The molecular formula is C14H16ClN5O3. The number of anilines is 1. The minimum absolute atomic E-state index is 0.00400. The number of methoxy groups -OCH3 is 1. The lowest BCUT2D eigenvalue weighted by Crippen LogP contribution is -2.08. The summed E-state index contributed by atoms with van der Waals surface area (Å²) in [6.07, 6.45) is 4.52. The molecule has 0 unspecified atom stereocenters. The molecule has 0 amide bonds. The highest BCUT2D eigenvalue weighted by Crippen LogP contribution is 2.30. The Morgan fingerprint density at radius 2 is 2.22 bits per heavy atom. The number of halogens is 1. The lowest BCUT2D eigenvalue weighted by Gasteiger charge is -2.10. The molecule has 0 fully saturated rings. The van der Waals surface area contributed by atoms with Gasteiger partial charge in [-0.2, -0.15) is 15.1 Å². The van der Waals surface area contributed by atoms with Crippen molar-refractivity contribution in [3.8, 4) is 11.6 Å². The Hall–Kier alpha value is -2.61. The number of hydrogen-bond acceptors (Lipinski definition) is 7. The largest absolute Gasteiger partial charge is 0.490 e. The fourth-order valence-corrected chi connectivity index (χ4v) is 2.14. The van der Waals surface area contributed by atoms with E-state index in [-0.39, 0.29) is 16.9 Å². The van der Waals surface area contributed by atoms with Crippen LogP contribution in [-0.4, -0.2) is 39.4 Å². The van der Waals surface area contributed by atoms with Crippen LogP contribution in [0.4, 0.5) is 5.95 Å². The third-order valence-corrected chi connectivity index (χ3v) is 3.22. The molecule has 2 rings (SSSR count). The highest BCUT2D eigenvalue weighted by atomic mass is 35.5. The maximum absolute atomic E-state index is 11.4. The van der Waals surface area contributed by atoms with Crippen LogP contribution in [0.2, 0.25) is 5.15 Å². The van der Waals surface area contributed by atoms with Gasteiger partial charge in [0.1, 0.15) is 0 Å². The smallest absolute Gasteiger partial charge is 0.330 e. The number of esters is 1. The summed E-state index contributed by atoms with van der Waals surface area (Å²) in [7, 11) is 1.45.